The van der Waals surface area contributed by atoms with Crippen LogP contribution in [0, 0.1) is 11.3 Å². The first-order valence-corrected chi connectivity index (χ1v) is 10.1. The van der Waals surface area contributed by atoms with E-state index in [1.54, 1.807) is 0 Å². The summed E-state index contributed by atoms with van der Waals surface area (Å²) in [6.07, 6.45) is 11.3. The van der Waals surface area contributed by atoms with E-state index in [1.165, 1.54) is 32.1 Å². The molecule has 1 saturated heterocycles. The molecule has 0 aromatic rings. The fourth-order valence-electron chi connectivity index (χ4n) is 4.95. The lowest BCUT2D eigenvalue weighted by molar-refractivity contribution is -0.201. The Hall–Kier alpha value is -0.610. The predicted molar refractivity (Wildman–Crippen MR) is 101 cm³/mol. The molecule has 3 rings (SSSR count). The van der Waals surface area contributed by atoms with E-state index in [0.29, 0.717) is 18.4 Å². The SMILES string of the molecule is C.CC.CCOC(=O)CCC[C@H]1CC[C@]2(CCCC3(C2)OCCO3)C1. The molecule has 2 spiro atoms. The van der Waals surface area contributed by atoms with Crippen LogP contribution in [0.2, 0.25) is 0 Å². The zero-order valence-corrected chi connectivity index (χ0v) is 15.9. The first-order valence-electron chi connectivity index (χ1n) is 10.1. The van der Waals surface area contributed by atoms with Crippen LogP contribution in [0.25, 0.3) is 0 Å². The molecule has 0 aromatic carbocycles. The van der Waals surface area contributed by atoms with Gasteiger partial charge in [-0.1, -0.05) is 21.3 Å². The van der Waals surface area contributed by atoms with Crippen molar-refractivity contribution in [3.05, 3.63) is 0 Å². The van der Waals surface area contributed by atoms with Gasteiger partial charge in [-0.25, -0.2) is 0 Å². The van der Waals surface area contributed by atoms with Crippen molar-refractivity contribution in [2.45, 2.75) is 98.2 Å². The molecule has 3 aliphatic rings. The summed E-state index contributed by atoms with van der Waals surface area (Å²) in [4.78, 5) is 11.4. The van der Waals surface area contributed by atoms with Gasteiger partial charge in [-0.05, 0) is 63.2 Å². The lowest BCUT2D eigenvalue weighted by Gasteiger charge is -2.43. The van der Waals surface area contributed by atoms with Gasteiger partial charge in [-0.15, -0.1) is 0 Å². The molecule has 148 valence electrons. The van der Waals surface area contributed by atoms with Gasteiger partial charge in [0.25, 0.3) is 0 Å². The van der Waals surface area contributed by atoms with Gasteiger partial charge < -0.3 is 14.2 Å². The molecule has 0 aromatic heterocycles. The molecule has 1 heterocycles. The standard InChI is InChI=1S/C18H30O4.C2H6.CH4/c1-2-20-16(19)6-3-5-15-7-10-17(13-15)8-4-9-18(14-17)21-11-12-22-18;1-2;/h15H,2-14H2,1H3;1-2H3;1H4/t15-,17+;;/m0../s1. The second kappa shape index (κ2) is 10.5. The van der Waals surface area contributed by atoms with Crippen LogP contribution < -0.4 is 0 Å². The Kier molecular flexibility index (Phi) is 9.44. The minimum atomic E-state index is -0.252. The van der Waals surface area contributed by atoms with Crippen LogP contribution in [-0.4, -0.2) is 31.6 Å². The van der Waals surface area contributed by atoms with Crippen molar-refractivity contribution >= 4 is 5.97 Å². The van der Waals surface area contributed by atoms with Crippen LogP contribution in [0.5, 0.6) is 0 Å². The number of hydrogen-bond donors (Lipinski definition) is 0. The molecule has 0 bridgehead atoms. The van der Waals surface area contributed by atoms with Crippen molar-refractivity contribution < 1.29 is 19.0 Å². The summed E-state index contributed by atoms with van der Waals surface area (Å²) < 4.78 is 16.9. The largest absolute Gasteiger partial charge is 0.466 e. The van der Waals surface area contributed by atoms with Gasteiger partial charge in [0.15, 0.2) is 5.79 Å². The predicted octanol–water partition coefficient (Wildman–Crippen LogP) is 5.49. The molecule has 3 fully saturated rings. The van der Waals surface area contributed by atoms with Gasteiger partial charge in [0.2, 0.25) is 0 Å². The second-order valence-corrected chi connectivity index (χ2v) is 7.44. The molecule has 25 heavy (non-hydrogen) atoms. The number of esters is 1. The van der Waals surface area contributed by atoms with E-state index >= 15 is 0 Å². The third-order valence-electron chi connectivity index (χ3n) is 5.83. The molecule has 2 saturated carbocycles. The molecule has 4 heteroatoms. The zero-order chi connectivity index (χ0) is 17.5. The summed E-state index contributed by atoms with van der Waals surface area (Å²) in [5.41, 5.74) is 0.442. The average Bonchev–Trinajstić information content (AvgIpc) is 3.18. The number of hydrogen-bond acceptors (Lipinski definition) is 4. The molecule has 0 unspecified atom stereocenters. The molecule has 4 nitrogen and oxygen atoms in total. The number of ether oxygens (including phenoxy) is 3. The average molecular weight is 357 g/mol. The summed E-state index contributed by atoms with van der Waals surface area (Å²) in [5.74, 6) is 0.475. The van der Waals surface area contributed by atoms with E-state index in [9.17, 15) is 4.79 Å². The Morgan fingerprint density at radius 3 is 2.56 bits per heavy atom. The Morgan fingerprint density at radius 1 is 1.16 bits per heavy atom. The molecule has 0 radical (unpaired) electrons. The van der Waals surface area contributed by atoms with Crippen LogP contribution in [0.1, 0.15) is 92.4 Å². The minimum absolute atomic E-state index is 0. The molecule has 0 amide bonds. The van der Waals surface area contributed by atoms with Gasteiger partial charge in [-0.3, -0.25) is 4.79 Å². The van der Waals surface area contributed by atoms with E-state index in [4.69, 9.17) is 14.2 Å². The lowest BCUT2D eigenvalue weighted by atomic mass is 9.69. The summed E-state index contributed by atoms with van der Waals surface area (Å²) in [7, 11) is 0. The van der Waals surface area contributed by atoms with E-state index in [-0.39, 0.29) is 19.2 Å². The summed E-state index contributed by atoms with van der Waals surface area (Å²) in [6, 6.07) is 0. The lowest BCUT2D eigenvalue weighted by Crippen LogP contribution is -2.41. The highest BCUT2D eigenvalue weighted by atomic mass is 16.7. The Morgan fingerprint density at radius 2 is 1.88 bits per heavy atom. The Bertz CT molecular complexity index is 389. The number of carbonyl (C=O) groups is 1. The minimum Gasteiger partial charge on any atom is -0.466 e. The van der Waals surface area contributed by atoms with Crippen molar-refractivity contribution in [2.24, 2.45) is 11.3 Å². The molecular weight excluding hydrogens is 316 g/mol. The first-order chi connectivity index (χ1) is 11.7. The van der Waals surface area contributed by atoms with E-state index < -0.39 is 0 Å². The van der Waals surface area contributed by atoms with Gasteiger partial charge in [-0.2, -0.15) is 0 Å². The van der Waals surface area contributed by atoms with Crippen molar-refractivity contribution in [3.63, 3.8) is 0 Å². The topological polar surface area (TPSA) is 44.8 Å². The third-order valence-corrected chi connectivity index (χ3v) is 5.83. The second-order valence-electron chi connectivity index (χ2n) is 7.44. The van der Waals surface area contributed by atoms with E-state index in [0.717, 1.165) is 44.8 Å². The molecule has 1 aliphatic heterocycles. The zero-order valence-electron chi connectivity index (χ0n) is 15.9. The molecule has 2 atom stereocenters. The van der Waals surface area contributed by atoms with Crippen LogP contribution in [0.4, 0.5) is 0 Å². The van der Waals surface area contributed by atoms with Crippen molar-refractivity contribution in [2.75, 3.05) is 19.8 Å². The highest BCUT2D eigenvalue weighted by molar-refractivity contribution is 5.69. The van der Waals surface area contributed by atoms with Gasteiger partial charge in [0.05, 0.1) is 19.8 Å². The van der Waals surface area contributed by atoms with Crippen molar-refractivity contribution in [1.29, 1.82) is 0 Å². The number of rotatable bonds is 5. The van der Waals surface area contributed by atoms with Crippen LogP contribution in [0.3, 0.4) is 0 Å². The normalized spacial score (nSPS) is 29.8. The summed E-state index contributed by atoms with van der Waals surface area (Å²) in [5, 5.41) is 0. The van der Waals surface area contributed by atoms with Gasteiger partial charge in [0.1, 0.15) is 0 Å². The van der Waals surface area contributed by atoms with Crippen LogP contribution >= 0.6 is 0 Å². The van der Waals surface area contributed by atoms with Gasteiger partial charge >= 0.3 is 5.97 Å². The summed E-state index contributed by atoms with van der Waals surface area (Å²) in [6.45, 7) is 7.89. The maximum absolute atomic E-state index is 11.4. The van der Waals surface area contributed by atoms with Crippen molar-refractivity contribution in [3.8, 4) is 0 Å². The summed E-state index contributed by atoms with van der Waals surface area (Å²) >= 11 is 0. The van der Waals surface area contributed by atoms with Crippen LogP contribution in [0.15, 0.2) is 0 Å². The smallest absolute Gasteiger partial charge is 0.305 e. The van der Waals surface area contributed by atoms with Crippen LogP contribution in [-0.2, 0) is 19.0 Å². The third kappa shape index (κ3) is 5.96. The monoisotopic (exact) mass is 356 g/mol. The number of carbonyl (C=O) groups excluding carboxylic acids is 1. The molecule has 2 aliphatic carbocycles. The maximum atomic E-state index is 11.4. The fourth-order valence-corrected chi connectivity index (χ4v) is 4.95. The quantitative estimate of drug-likeness (QED) is 0.611. The fraction of sp³-hybridized carbons (Fsp3) is 0.952. The Labute approximate surface area is 155 Å². The van der Waals surface area contributed by atoms with E-state index in [1.807, 2.05) is 20.8 Å². The van der Waals surface area contributed by atoms with Crippen molar-refractivity contribution in [1.82, 2.24) is 0 Å². The maximum Gasteiger partial charge on any atom is 0.305 e. The molecular formula is C21H40O4. The first kappa shape index (κ1) is 22.4. The van der Waals surface area contributed by atoms with E-state index in [2.05, 4.69) is 0 Å². The highest BCUT2D eigenvalue weighted by Crippen LogP contribution is 2.56. The molecule has 0 N–H and O–H groups in total. The highest BCUT2D eigenvalue weighted by Gasteiger charge is 2.50. The Balaban J connectivity index is 0.00000101. The van der Waals surface area contributed by atoms with Gasteiger partial charge in [0, 0.05) is 19.3 Å².